The maximum Gasteiger partial charge on any atom is 0.199 e. The van der Waals surface area contributed by atoms with Crippen molar-refractivity contribution in [1.82, 2.24) is 0 Å². The second-order valence-electron chi connectivity index (χ2n) is 3.34. The van der Waals surface area contributed by atoms with Crippen LogP contribution in [0.2, 0.25) is 0 Å². The first-order valence-corrected chi connectivity index (χ1v) is 5.68. The molecule has 1 saturated heterocycles. The molecule has 0 aromatic heterocycles. The number of ether oxygens (including phenoxy) is 2. The van der Waals surface area contributed by atoms with E-state index in [-0.39, 0.29) is 6.29 Å². The fourth-order valence-corrected chi connectivity index (χ4v) is 1.86. The van der Waals surface area contributed by atoms with Crippen molar-refractivity contribution in [2.75, 3.05) is 6.61 Å². The quantitative estimate of drug-likeness (QED) is 0.808. The van der Waals surface area contributed by atoms with Gasteiger partial charge in [0.15, 0.2) is 6.29 Å². The molecular formula is C11H13BrO2. The van der Waals surface area contributed by atoms with Gasteiger partial charge in [-0.1, -0.05) is 12.1 Å². The molecule has 1 aliphatic rings. The van der Waals surface area contributed by atoms with E-state index in [0.29, 0.717) is 0 Å². The van der Waals surface area contributed by atoms with Crippen molar-refractivity contribution in [3.05, 3.63) is 28.7 Å². The zero-order valence-corrected chi connectivity index (χ0v) is 9.50. The monoisotopic (exact) mass is 256 g/mol. The topological polar surface area (TPSA) is 18.5 Å². The average molecular weight is 257 g/mol. The molecule has 3 heteroatoms. The van der Waals surface area contributed by atoms with Crippen molar-refractivity contribution in [1.29, 1.82) is 0 Å². The zero-order chi connectivity index (χ0) is 9.80. The van der Waals surface area contributed by atoms with Gasteiger partial charge in [-0.05, 0) is 40.9 Å². The summed E-state index contributed by atoms with van der Waals surface area (Å²) in [7, 11) is 0. The molecule has 0 amide bonds. The first-order valence-electron chi connectivity index (χ1n) is 4.89. The van der Waals surface area contributed by atoms with Gasteiger partial charge >= 0.3 is 0 Å². The largest absolute Gasteiger partial charge is 0.464 e. The predicted molar refractivity (Wildman–Crippen MR) is 58.4 cm³/mol. The Morgan fingerprint density at radius 1 is 1.29 bits per heavy atom. The molecule has 2 nitrogen and oxygen atoms in total. The molecule has 76 valence electrons. The van der Waals surface area contributed by atoms with Crippen LogP contribution in [-0.2, 0) is 4.74 Å². The third-order valence-corrected chi connectivity index (χ3v) is 2.89. The molecule has 14 heavy (non-hydrogen) atoms. The molecule has 2 rings (SSSR count). The highest BCUT2D eigenvalue weighted by Gasteiger charge is 2.15. The van der Waals surface area contributed by atoms with Gasteiger partial charge in [-0.2, -0.15) is 0 Å². The third kappa shape index (κ3) is 2.49. The Hall–Kier alpha value is -0.540. The van der Waals surface area contributed by atoms with Crippen LogP contribution in [-0.4, -0.2) is 12.9 Å². The van der Waals surface area contributed by atoms with Gasteiger partial charge in [0.25, 0.3) is 0 Å². The van der Waals surface area contributed by atoms with Crippen LogP contribution in [0.3, 0.4) is 0 Å². The molecule has 0 radical (unpaired) electrons. The van der Waals surface area contributed by atoms with Crippen molar-refractivity contribution in [2.24, 2.45) is 0 Å². The first kappa shape index (κ1) is 9.99. The minimum absolute atomic E-state index is 0.0672. The summed E-state index contributed by atoms with van der Waals surface area (Å²) < 4.78 is 12.2. The van der Waals surface area contributed by atoms with Crippen LogP contribution in [0, 0.1) is 0 Å². The molecule has 1 aromatic rings. The smallest absolute Gasteiger partial charge is 0.199 e. The van der Waals surface area contributed by atoms with Crippen molar-refractivity contribution in [2.45, 2.75) is 25.6 Å². The van der Waals surface area contributed by atoms with E-state index in [1.807, 2.05) is 24.3 Å². The Morgan fingerprint density at radius 3 is 2.86 bits per heavy atom. The molecule has 1 heterocycles. The van der Waals surface area contributed by atoms with E-state index in [4.69, 9.17) is 9.47 Å². The molecule has 1 aromatic carbocycles. The summed E-state index contributed by atoms with van der Waals surface area (Å²) in [5.74, 6) is 0.861. The Kier molecular flexibility index (Phi) is 3.43. The summed E-state index contributed by atoms with van der Waals surface area (Å²) in [6, 6.07) is 7.85. The van der Waals surface area contributed by atoms with Gasteiger partial charge in [0.1, 0.15) is 5.75 Å². The second kappa shape index (κ2) is 4.80. The lowest BCUT2D eigenvalue weighted by Crippen LogP contribution is -2.25. The highest BCUT2D eigenvalue weighted by molar-refractivity contribution is 9.10. The molecular weight excluding hydrogens is 244 g/mol. The molecule has 1 aliphatic heterocycles. The number of halogens is 1. The Balaban J connectivity index is 1.99. The van der Waals surface area contributed by atoms with Crippen molar-refractivity contribution in [3.63, 3.8) is 0 Å². The van der Waals surface area contributed by atoms with Gasteiger partial charge in [0, 0.05) is 6.42 Å². The molecule has 1 fully saturated rings. The van der Waals surface area contributed by atoms with Gasteiger partial charge in [-0.3, -0.25) is 0 Å². The van der Waals surface area contributed by atoms with Crippen molar-refractivity contribution < 1.29 is 9.47 Å². The van der Waals surface area contributed by atoms with Gasteiger partial charge in [-0.15, -0.1) is 0 Å². The number of rotatable bonds is 2. The number of benzene rings is 1. The van der Waals surface area contributed by atoms with Gasteiger partial charge in [0.05, 0.1) is 11.1 Å². The highest BCUT2D eigenvalue weighted by atomic mass is 79.9. The molecule has 0 bridgehead atoms. The second-order valence-corrected chi connectivity index (χ2v) is 4.20. The molecule has 0 saturated carbocycles. The van der Waals surface area contributed by atoms with Gasteiger partial charge in [-0.25, -0.2) is 0 Å². The van der Waals surface area contributed by atoms with E-state index in [1.165, 1.54) is 6.42 Å². The lowest BCUT2D eigenvalue weighted by molar-refractivity contribution is -0.106. The lowest BCUT2D eigenvalue weighted by atomic mass is 10.2. The van der Waals surface area contributed by atoms with Crippen LogP contribution in [0.15, 0.2) is 28.7 Å². The summed E-state index contributed by atoms with van der Waals surface area (Å²) in [5.41, 5.74) is 0. The van der Waals surface area contributed by atoms with E-state index in [0.717, 1.165) is 29.7 Å². The van der Waals surface area contributed by atoms with Crippen LogP contribution in [0.5, 0.6) is 5.75 Å². The summed E-state index contributed by atoms with van der Waals surface area (Å²) in [4.78, 5) is 0. The van der Waals surface area contributed by atoms with Crippen LogP contribution < -0.4 is 4.74 Å². The van der Waals surface area contributed by atoms with E-state index < -0.39 is 0 Å². The molecule has 1 atom stereocenters. The minimum Gasteiger partial charge on any atom is -0.464 e. The number of para-hydroxylation sites is 1. The summed E-state index contributed by atoms with van der Waals surface area (Å²) in [6.45, 7) is 0.815. The fourth-order valence-electron chi connectivity index (χ4n) is 1.49. The Morgan fingerprint density at radius 2 is 2.14 bits per heavy atom. The molecule has 0 spiro atoms. The van der Waals surface area contributed by atoms with Gasteiger partial charge in [0.2, 0.25) is 0 Å². The van der Waals surface area contributed by atoms with E-state index >= 15 is 0 Å². The fraction of sp³-hybridized carbons (Fsp3) is 0.455. The normalized spacial score (nSPS) is 21.9. The minimum atomic E-state index is -0.0672. The summed E-state index contributed by atoms with van der Waals surface area (Å²) in [5, 5.41) is 0. The van der Waals surface area contributed by atoms with Crippen LogP contribution in [0.25, 0.3) is 0 Å². The molecule has 0 aliphatic carbocycles. The van der Waals surface area contributed by atoms with Crippen LogP contribution in [0.1, 0.15) is 19.3 Å². The van der Waals surface area contributed by atoms with Gasteiger partial charge < -0.3 is 9.47 Å². The standard InChI is InChI=1S/C11H13BrO2/c12-9-5-1-2-6-10(9)14-11-7-3-4-8-13-11/h1-2,5-6,11H,3-4,7-8H2/t11-/m1/s1. The average Bonchev–Trinajstić information content (AvgIpc) is 2.23. The molecule has 0 unspecified atom stereocenters. The van der Waals surface area contributed by atoms with Crippen molar-refractivity contribution in [3.8, 4) is 5.75 Å². The maximum atomic E-state index is 5.72. The zero-order valence-electron chi connectivity index (χ0n) is 7.91. The third-order valence-electron chi connectivity index (χ3n) is 2.23. The maximum absolute atomic E-state index is 5.72. The first-order chi connectivity index (χ1) is 6.86. The number of hydrogen-bond donors (Lipinski definition) is 0. The van der Waals surface area contributed by atoms with E-state index in [2.05, 4.69) is 15.9 Å². The highest BCUT2D eigenvalue weighted by Crippen LogP contribution is 2.26. The van der Waals surface area contributed by atoms with Crippen LogP contribution in [0.4, 0.5) is 0 Å². The lowest BCUT2D eigenvalue weighted by Gasteiger charge is -2.23. The molecule has 0 N–H and O–H groups in total. The summed E-state index contributed by atoms with van der Waals surface area (Å²) in [6.07, 6.45) is 3.26. The Labute approximate surface area is 92.3 Å². The van der Waals surface area contributed by atoms with Crippen LogP contribution >= 0.6 is 15.9 Å². The van der Waals surface area contributed by atoms with E-state index in [9.17, 15) is 0 Å². The Bertz CT molecular complexity index is 295. The van der Waals surface area contributed by atoms with E-state index in [1.54, 1.807) is 0 Å². The SMILES string of the molecule is Brc1ccccc1O[C@@H]1CCCCO1. The predicted octanol–water partition coefficient (Wildman–Crippen LogP) is 3.35. The number of hydrogen-bond acceptors (Lipinski definition) is 2. The summed E-state index contributed by atoms with van der Waals surface area (Å²) >= 11 is 3.44. The van der Waals surface area contributed by atoms with Crippen molar-refractivity contribution >= 4 is 15.9 Å².